The third-order valence-corrected chi connectivity index (χ3v) is 5.35. The van der Waals surface area contributed by atoms with E-state index in [9.17, 15) is 9.59 Å². The topological polar surface area (TPSA) is 89.3 Å². The third kappa shape index (κ3) is 5.45. The molecule has 2 amide bonds. The number of likely N-dealkylation sites (tertiary alicyclic amines) is 1. The number of aromatic nitrogens is 3. The van der Waals surface area contributed by atoms with Crippen LogP contribution in [-0.4, -0.2) is 56.9 Å². The van der Waals surface area contributed by atoms with Crippen LogP contribution in [0.5, 0.6) is 0 Å². The van der Waals surface area contributed by atoms with Gasteiger partial charge in [0.1, 0.15) is 17.2 Å². The molecule has 1 aromatic heterocycles. The molecule has 8 heteroatoms. The predicted octanol–water partition coefficient (Wildman–Crippen LogP) is 2.31. The average molecular weight is 392 g/mol. The van der Waals surface area contributed by atoms with Gasteiger partial charge in [0.2, 0.25) is 5.91 Å². The molecular weight excluding hydrogens is 358 g/mol. The number of nitrogens with one attached hydrogen (secondary N) is 1. The highest BCUT2D eigenvalue weighted by atomic mass is 16.6. The fourth-order valence-corrected chi connectivity index (χ4v) is 3.82. The van der Waals surface area contributed by atoms with E-state index in [2.05, 4.69) is 20.1 Å². The lowest BCUT2D eigenvalue weighted by Gasteiger charge is -2.32. The maximum absolute atomic E-state index is 12.5. The number of carbonyl (C=O) groups is 2. The van der Waals surface area contributed by atoms with Crippen LogP contribution in [0.25, 0.3) is 0 Å². The van der Waals surface area contributed by atoms with Crippen LogP contribution < -0.4 is 5.32 Å². The minimum atomic E-state index is -0.495. The number of fused-ring (bicyclic) bond motifs is 1. The molecular formula is C20H33N5O3. The number of hydrogen-bond donors (Lipinski definition) is 1. The number of piperidine rings is 1. The molecule has 156 valence electrons. The molecule has 0 radical (unpaired) electrons. The monoisotopic (exact) mass is 391 g/mol. The number of hydrogen-bond acceptors (Lipinski definition) is 5. The molecule has 0 unspecified atom stereocenters. The predicted molar refractivity (Wildman–Crippen MR) is 105 cm³/mol. The second-order valence-corrected chi connectivity index (χ2v) is 8.78. The highest BCUT2D eigenvalue weighted by Crippen LogP contribution is 2.20. The van der Waals surface area contributed by atoms with Gasteiger partial charge in [0, 0.05) is 44.9 Å². The van der Waals surface area contributed by atoms with Crippen molar-refractivity contribution in [1.82, 2.24) is 25.0 Å². The SMILES string of the molecule is CC(C)(C)OC(=O)N1CCC(C(=O)NCCc2nnc3n2CCCCC3)CC1. The summed E-state index contributed by atoms with van der Waals surface area (Å²) in [6, 6.07) is 0. The molecule has 1 fully saturated rings. The Morgan fingerprint density at radius 3 is 2.57 bits per heavy atom. The van der Waals surface area contributed by atoms with Gasteiger partial charge in [-0.1, -0.05) is 6.42 Å². The van der Waals surface area contributed by atoms with E-state index in [1.807, 2.05) is 20.8 Å². The quantitative estimate of drug-likeness (QED) is 0.851. The Labute approximate surface area is 167 Å². The summed E-state index contributed by atoms with van der Waals surface area (Å²) in [6.45, 7) is 8.26. The number of nitrogens with zero attached hydrogens (tertiary/aromatic N) is 4. The summed E-state index contributed by atoms with van der Waals surface area (Å²) >= 11 is 0. The zero-order valence-corrected chi connectivity index (χ0v) is 17.4. The van der Waals surface area contributed by atoms with Gasteiger partial charge in [-0.05, 0) is 46.5 Å². The Bertz CT molecular complexity index is 687. The van der Waals surface area contributed by atoms with E-state index in [4.69, 9.17) is 4.74 Å². The highest BCUT2D eigenvalue weighted by molar-refractivity contribution is 5.79. The fourth-order valence-electron chi connectivity index (χ4n) is 3.82. The lowest BCUT2D eigenvalue weighted by molar-refractivity contribution is -0.126. The van der Waals surface area contributed by atoms with Crippen molar-refractivity contribution in [2.45, 2.75) is 77.9 Å². The first kappa shape index (κ1) is 20.6. The van der Waals surface area contributed by atoms with Gasteiger partial charge in [0.15, 0.2) is 0 Å². The van der Waals surface area contributed by atoms with Gasteiger partial charge < -0.3 is 19.5 Å². The van der Waals surface area contributed by atoms with Gasteiger partial charge in [0.05, 0.1) is 0 Å². The van der Waals surface area contributed by atoms with E-state index in [0.717, 1.165) is 24.6 Å². The minimum absolute atomic E-state index is 0.0470. The number of carbonyl (C=O) groups excluding carboxylic acids is 2. The Balaban J connectivity index is 1.41. The Kier molecular flexibility index (Phi) is 6.57. The van der Waals surface area contributed by atoms with Crippen molar-refractivity contribution in [2.75, 3.05) is 19.6 Å². The van der Waals surface area contributed by atoms with Crippen LogP contribution in [0.4, 0.5) is 4.79 Å². The van der Waals surface area contributed by atoms with Crippen LogP contribution in [0.2, 0.25) is 0 Å². The van der Waals surface area contributed by atoms with E-state index in [1.165, 1.54) is 19.3 Å². The minimum Gasteiger partial charge on any atom is -0.444 e. The van der Waals surface area contributed by atoms with E-state index >= 15 is 0 Å². The van der Waals surface area contributed by atoms with Crippen LogP contribution >= 0.6 is 0 Å². The molecule has 0 saturated carbocycles. The van der Waals surface area contributed by atoms with Crippen molar-refractivity contribution in [2.24, 2.45) is 5.92 Å². The standard InChI is InChI=1S/C20H33N5O3/c1-20(2,3)28-19(27)24-13-9-15(10-14-24)18(26)21-11-8-17-23-22-16-7-5-4-6-12-25(16)17/h15H,4-14H2,1-3H3,(H,21,26). The molecule has 1 saturated heterocycles. The summed E-state index contributed by atoms with van der Waals surface area (Å²) in [7, 11) is 0. The van der Waals surface area contributed by atoms with E-state index in [0.29, 0.717) is 38.9 Å². The largest absolute Gasteiger partial charge is 0.444 e. The van der Waals surface area contributed by atoms with Crippen molar-refractivity contribution in [3.8, 4) is 0 Å². The number of rotatable bonds is 4. The Hall–Kier alpha value is -2.12. The first-order valence-corrected chi connectivity index (χ1v) is 10.5. The molecule has 8 nitrogen and oxygen atoms in total. The summed E-state index contributed by atoms with van der Waals surface area (Å²) in [5.41, 5.74) is -0.495. The van der Waals surface area contributed by atoms with E-state index in [-0.39, 0.29) is 17.9 Å². The number of aryl methyl sites for hydroxylation is 1. The first-order valence-electron chi connectivity index (χ1n) is 10.5. The van der Waals surface area contributed by atoms with Gasteiger partial charge in [-0.3, -0.25) is 4.79 Å². The molecule has 28 heavy (non-hydrogen) atoms. The maximum Gasteiger partial charge on any atom is 0.410 e. The second-order valence-electron chi connectivity index (χ2n) is 8.78. The Morgan fingerprint density at radius 1 is 1.11 bits per heavy atom. The molecule has 2 aliphatic rings. The molecule has 3 rings (SSSR count). The summed E-state index contributed by atoms with van der Waals surface area (Å²) in [6.07, 6.45) is 6.33. The zero-order chi connectivity index (χ0) is 20.1. The lowest BCUT2D eigenvalue weighted by atomic mass is 9.96. The van der Waals surface area contributed by atoms with Crippen LogP contribution in [-0.2, 0) is 28.9 Å². The molecule has 0 atom stereocenters. The van der Waals surface area contributed by atoms with Crippen LogP contribution in [0.15, 0.2) is 0 Å². The van der Waals surface area contributed by atoms with Crippen LogP contribution in [0.1, 0.15) is 64.5 Å². The van der Waals surface area contributed by atoms with E-state index < -0.39 is 5.60 Å². The Morgan fingerprint density at radius 2 is 1.86 bits per heavy atom. The number of amides is 2. The molecule has 1 N–H and O–H groups in total. The second kappa shape index (κ2) is 8.92. The summed E-state index contributed by atoms with van der Waals surface area (Å²) in [5.74, 6) is 2.07. The normalized spacial score (nSPS) is 18.3. The fraction of sp³-hybridized carbons (Fsp3) is 0.800. The summed E-state index contributed by atoms with van der Waals surface area (Å²) in [4.78, 5) is 26.3. The zero-order valence-electron chi connectivity index (χ0n) is 17.4. The molecule has 0 aromatic carbocycles. The third-order valence-electron chi connectivity index (χ3n) is 5.35. The summed E-state index contributed by atoms with van der Waals surface area (Å²) in [5, 5.41) is 11.7. The van der Waals surface area contributed by atoms with Crippen molar-refractivity contribution in [3.05, 3.63) is 11.6 Å². The van der Waals surface area contributed by atoms with Gasteiger partial charge in [-0.2, -0.15) is 0 Å². The molecule has 2 aliphatic heterocycles. The first-order chi connectivity index (χ1) is 13.3. The van der Waals surface area contributed by atoms with Crippen molar-refractivity contribution in [3.63, 3.8) is 0 Å². The van der Waals surface area contributed by atoms with Gasteiger partial charge >= 0.3 is 6.09 Å². The van der Waals surface area contributed by atoms with Crippen LogP contribution in [0, 0.1) is 5.92 Å². The molecule has 0 bridgehead atoms. The maximum atomic E-state index is 12.5. The van der Waals surface area contributed by atoms with Crippen LogP contribution in [0.3, 0.4) is 0 Å². The van der Waals surface area contributed by atoms with Gasteiger partial charge in [0.25, 0.3) is 0 Å². The molecule has 0 spiro atoms. The average Bonchev–Trinajstić information content (AvgIpc) is 2.87. The van der Waals surface area contributed by atoms with Gasteiger partial charge in [-0.25, -0.2) is 4.79 Å². The van der Waals surface area contributed by atoms with Crippen molar-refractivity contribution in [1.29, 1.82) is 0 Å². The molecule has 3 heterocycles. The smallest absolute Gasteiger partial charge is 0.410 e. The van der Waals surface area contributed by atoms with Crippen molar-refractivity contribution < 1.29 is 14.3 Å². The lowest BCUT2D eigenvalue weighted by Crippen LogP contribution is -2.45. The molecule has 0 aliphatic carbocycles. The van der Waals surface area contributed by atoms with Crippen molar-refractivity contribution >= 4 is 12.0 Å². The summed E-state index contributed by atoms with van der Waals surface area (Å²) < 4.78 is 7.63. The van der Waals surface area contributed by atoms with Gasteiger partial charge in [-0.15, -0.1) is 10.2 Å². The molecule has 1 aromatic rings. The van der Waals surface area contributed by atoms with E-state index in [1.54, 1.807) is 4.90 Å². The highest BCUT2D eigenvalue weighted by Gasteiger charge is 2.29. The number of ether oxygens (including phenoxy) is 1.